The van der Waals surface area contributed by atoms with Gasteiger partial charge in [0.05, 0.1) is 13.7 Å². The Morgan fingerprint density at radius 1 is 1.56 bits per heavy atom. The average molecular weight is 233 g/mol. The van der Waals surface area contributed by atoms with Crippen molar-refractivity contribution in [2.75, 3.05) is 31.0 Å². The summed E-state index contributed by atoms with van der Waals surface area (Å²) < 4.78 is 29.5. The molecule has 0 radical (unpaired) electrons. The number of hydrazine groups is 1. The zero-order valence-electron chi connectivity index (χ0n) is 8.94. The molecular formula is C8H13F2N5O. The lowest BCUT2D eigenvalue weighted by Crippen LogP contribution is -2.26. The summed E-state index contributed by atoms with van der Waals surface area (Å²) in [7, 11) is 2.87. The number of methoxy groups -OCH3 is 1. The van der Waals surface area contributed by atoms with Gasteiger partial charge in [0.15, 0.2) is 11.6 Å². The number of nitrogens with one attached hydrogen (secondary N) is 1. The zero-order valence-corrected chi connectivity index (χ0v) is 8.94. The summed E-state index contributed by atoms with van der Waals surface area (Å²) >= 11 is 0. The molecule has 0 aliphatic rings. The molecule has 90 valence electrons. The molecule has 1 rings (SSSR count). The smallest absolute Gasteiger partial charge is 0.255 e. The second-order valence-electron chi connectivity index (χ2n) is 3.00. The molecule has 0 saturated carbocycles. The van der Waals surface area contributed by atoms with Gasteiger partial charge in [-0.3, -0.25) is 0 Å². The normalized spacial score (nSPS) is 10.4. The first kappa shape index (κ1) is 12.4. The van der Waals surface area contributed by atoms with Crippen LogP contribution in [0.25, 0.3) is 0 Å². The second-order valence-corrected chi connectivity index (χ2v) is 3.00. The van der Waals surface area contributed by atoms with Crippen molar-refractivity contribution in [2.45, 2.75) is 6.43 Å². The van der Waals surface area contributed by atoms with Gasteiger partial charge in [-0.25, -0.2) is 24.6 Å². The Balaban J connectivity index is 3.02. The van der Waals surface area contributed by atoms with Gasteiger partial charge in [-0.2, -0.15) is 0 Å². The van der Waals surface area contributed by atoms with Gasteiger partial charge in [-0.1, -0.05) is 0 Å². The third-order valence-electron chi connectivity index (χ3n) is 1.90. The largest absolute Gasteiger partial charge is 0.490 e. The van der Waals surface area contributed by atoms with Gasteiger partial charge >= 0.3 is 0 Å². The van der Waals surface area contributed by atoms with E-state index in [1.165, 1.54) is 25.4 Å². The van der Waals surface area contributed by atoms with E-state index < -0.39 is 13.0 Å². The van der Waals surface area contributed by atoms with Gasteiger partial charge in [0.25, 0.3) is 6.43 Å². The van der Waals surface area contributed by atoms with Crippen LogP contribution in [0, 0.1) is 0 Å². The number of nitrogen functional groups attached to an aromatic ring is 1. The summed E-state index contributed by atoms with van der Waals surface area (Å²) in [6, 6.07) is 0. The van der Waals surface area contributed by atoms with E-state index >= 15 is 0 Å². The number of hydrogen-bond acceptors (Lipinski definition) is 6. The number of nitrogens with two attached hydrogens (primary N) is 1. The highest BCUT2D eigenvalue weighted by Gasteiger charge is 2.17. The lowest BCUT2D eigenvalue weighted by Gasteiger charge is -2.20. The summed E-state index contributed by atoms with van der Waals surface area (Å²) in [5, 5.41) is 0. The van der Waals surface area contributed by atoms with E-state index in [0.717, 1.165) is 0 Å². The lowest BCUT2D eigenvalue weighted by molar-refractivity contribution is 0.156. The van der Waals surface area contributed by atoms with Crippen LogP contribution in [0.5, 0.6) is 5.75 Å². The number of aromatic nitrogens is 2. The molecule has 1 heterocycles. The van der Waals surface area contributed by atoms with Crippen LogP contribution in [-0.4, -0.2) is 37.1 Å². The summed E-state index contributed by atoms with van der Waals surface area (Å²) in [4.78, 5) is 8.95. The van der Waals surface area contributed by atoms with Gasteiger partial charge in [0.2, 0.25) is 5.75 Å². The van der Waals surface area contributed by atoms with Gasteiger partial charge in [0.1, 0.15) is 6.33 Å². The number of anilines is 2. The molecule has 8 heteroatoms. The van der Waals surface area contributed by atoms with Gasteiger partial charge in [0, 0.05) is 7.05 Å². The van der Waals surface area contributed by atoms with Gasteiger partial charge < -0.3 is 15.1 Å². The van der Waals surface area contributed by atoms with E-state index in [1.54, 1.807) is 0 Å². The number of ether oxygens (including phenoxy) is 1. The Morgan fingerprint density at radius 3 is 2.75 bits per heavy atom. The van der Waals surface area contributed by atoms with Crippen molar-refractivity contribution < 1.29 is 13.5 Å². The first-order valence-corrected chi connectivity index (χ1v) is 4.45. The number of alkyl halides is 2. The minimum absolute atomic E-state index is 0.230. The molecule has 0 amide bonds. The molecule has 0 saturated heterocycles. The Hall–Kier alpha value is -1.70. The third kappa shape index (κ3) is 2.66. The molecule has 3 N–H and O–H groups in total. The third-order valence-corrected chi connectivity index (χ3v) is 1.90. The SMILES string of the molecule is COc1c(NN)ncnc1N(C)CC(F)F. The Morgan fingerprint density at radius 2 is 2.25 bits per heavy atom. The molecule has 16 heavy (non-hydrogen) atoms. The fourth-order valence-electron chi connectivity index (χ4n) is 1.22. The minimum atomic E-state index is -2.46. The molecule has 1 aromatic rings. The Kier molecular flexibility index (Phi) is 4.18. The zero-order chi connectivity index (χ0) is 12.1. The van der Waals surface area contributed by atoms with Gasteiger partial charge in [-0.05, 0) is 0 Å². The van der Waals surface area contributed by atoms with Crippen molar-refractivity contribution in [3.8, 4) is 5.75 Å². The van der Waals surface area contributed by atoms with Crippen LogP contribution >= 0.6 is 0 Å². The van der Waals surface area contributed by atoms with Crippen molar-refractivity contribution in [2.24, 2.45) is 5.84 Å². The molecule has 0 aromatic carbocycles. The van der Waals surface area contributed by atoms with E-state index in [4.69, 9.17) is 10.6 Å². The fourth-order valence-corrected chi connectivity index (χ4v) is 1.22. The van der Waals surface area contributed by atoms with Crippen LogP contribution in [0.3, 0.4) is 0 Å². The first-order chi connectivity index (χ1) is 7.60. The number of halogens is 2. The van der Waals surface area contributed by atoms with Gasteiger partial charge in [-0.15, -0.1) is 0 Å². The molecule has 0 aliphatic carbocycles. The van der Waals surface area contributed by atoms with E-state index in [-0.39, 0.29) is 17.4 Å². The molecule has 0 aliphatic heterocycles. The van der Waals surface area contributed by atoms with Crippen LogP contribution in [0.1, 0.15) is 0 Å². The molecule has 0 spiro atoms. The molecule has 6 nitrogen and oxygen atoms in total. The topological polar surface area (TPSA) is 76.3 Å². The van der Waals surface area contributed by atoms with Crippen LogP contribution < -0.4 is 20.9 Å². The van der Waals surface area contributed by atoms with Crippen LogP contribution in [0.4, 0.5) is 20.4 Å². The summed E-state index contributed by atoms with van der Waals surface area (Å²) in [6.45, 7) is -0.447. The highest BCUT2D eigenvalue weighted by atomic mass is 19.3. The number of nitrogens with zero attached hydrogens (tertiary/aromatic N) is 3. The number of hydrogen-bond donors (Lipinski definition) is 2. The lowest BCUT2D eigenvalue weighted by atomic mass is 10.4. The standard InChI is InChI=1S/C8H13F2N5O/c1-15(3-5(9)10)8-6(16-2)7(14-11)12-4-13-8/h4-5H,3,11H2,1-2H3,(H,12,13,14). The predicted molar refractivity (Wildman–Crippen MR) is 55.7 cm³/mol. The molecular weight excluding hydrogens is 220 g/mol. The van der Waals surface area contributed by atoms with Crippen molar-refractivity contribution >= 4 is 11.6 Å². The maximum atomic E-state index is 12.2. The molecule has 0 atom stereocenters. The molecule has 0 fully saturated rings. The van der Waals surface area contributed by atoms with E-state index in [0.29, 0.717) is 0 Å². The van der Waals surface area contributed by atoms with Crippen LogP contribution in [0.2, 0.25) is 0 Å². The van der Waals surface area contributed by atoms with Crippen LogP contribution in [0.15, 0.2) is 6.33 Å². The predicted octanol–water partition coefficient (Wildman–Crippen LogP) is 0.472. The van der Waals surface area contributed by atoms with Crippen molar-refractivity contribution in [3.63, 3.8) is 0 Å². The highest BCUT2D eigenvalue weighted by molar-refractivity contribution is 5.63. The molecule has 0 unspecified atom stereocenters. The summed E-state index contributed by atoms with van der Waals surface area (Å²) in [5.41, 5.74) is 2.30. The quantitative estimate of drug-likeness (QED) is 0.568. The van der Waals surface area contributed by atoms with Crippen molar-refractivity contribution in [1.82, 2.24) is 9.97 Å². The van der Waals surface area contributed by atoms with E-state index in [1.807, 2.05) is 0 Å². The molecule has 1 aromatic heterocycles. The Bertz CT molecular complexity index is 349. The summed E-state index contributed by atoms with van der Waals surface area (Å²) in [5.74, 6) is 5.94. The first-order valence-electron chi connectivity index (χ1n) is 4.45. The summed E-state index contributed by atoms with van der Waals surface area (Å²) in [6.07, 6.45) is -1.24. The maximum Gasteiger partial charge on any atom is 0.255 e. The Labute approximate surface area is 91.4 Å². The van der Waals surface area contributed by atoms with Crippen molar-refractivity contribution in [1.29, 1.82) is 0 Å². The van der Waals surface area contributed by atoms with E-state index in [9.17, 15) is 8.78 Å². The highest BCUT2D eigenvalue weighted by Crippen LogP contribution is 2.30. The van der Waals surface area contributed by atoms with Crippen LogP contribution in [-0.2, 0) is 0 Å². The maximum absolute atomic E-state index is 12.2. The average Bonchev–Trinajstić information content (AvgIpc) is 2.26. The molecule has 0 bridgehead atoms. The minimum Gasteiger partial charge on any atom is -0.490 e. The monoisotopic (exact) mass is 233 g/mol. The second kappa shape index (κ2) is 5.40. The van der Waals surface area contributed by atoms with E-state index in [2.05, 4.69) is 15.4 Å². The number of rotatable bonds is 5. The van der Waals surface area contributed by atoms with Crippen molar-refractivity contribution in [3.05, 3.63) is 6.33 Å². The fraction of sp³-hybridized carbons (Fsp3) is 0.500.